The normalized spacial score (nSPS) is 10.2. The van der Waals surface area contributed by atoms with Gasteiger partial charge in [-0.05, 0) is 30.7 Å². The molecule has 0 aliphatic rings. The van der Waals surface area contributed by atoms with E-state index in [2.05, 4.69) is 4.98 Å². The van der Waals surface area contributed by atoms with E-state index in [4.69, 9.17) is 9.84 Å². The molecule has 5 nitrogen and oxygen atoms in total. The topological polar surface area (TPSA) is 79.4 Å². The van der Waals surface area contributed by atoms with E-state index >= 15 is 0 Å². The van der Waals surface area contributed by atoms with Crippen molar-refractivity contribution in [2.75, 3.05) is 6.61 Å². The first-order valence-electron chi connectivity index (χ1n) is 6.31. The summed E-state index contributed by atoms with van der Waals surface area (Å²) in [5.74, 6) is -0.523. The molecule has 0 bridgehead atoms. The highest BCUT2D eigenvalue weighted by molar-refractivity contribution is 5.87. The molecule has 0 aliphatic carbocycles. The average Bonchev–Trinajstić information content (AvgIpc) is 2.45. The maximum atomic E-state index is 11.6. The van der Waals surface area contributed by atoms with Crippen molar-refractivity contribution < 1.29 is 14.6 Å². The molecule has 1 aromatic carbocycles. The highest BCUT2D eigenvalue weighted by atomic mass is 16.5. The second-order valence-corrected chi connectivity index (χ2v) is 4.30. The van der Waals surface area contributed by atoms with Crippen LogP contribution >= 0.6 is 0 Å². The van der Waals surface area contributed by atoms with Crippen LogP contribution in [0.1, 0.15) is 23.7 Å². The van der Waals surface area contributed by atoms with Crippen LogP contribution in [0.15, 0.2) is 41.2 Å². The minimum atomic E-state index is -1.24. The molecule has 5 heteroatoms. The van der Waals surface area contributed by atoms with Crippen LogP contribution in [-0.4, -0.2) is 22.7 Å². The van der Waals surface area contributed by atoms with Crippen molar-refractivity contribution in [3.8, 4) is 17.0 Å². The standard InChI is InChI=1S/C15H15NO4/c1-2-8-20-11-5-3-4-10(9-11)13-7-6-12(15(18)19)14(17)16-13/h3-7,9H,2,8H2,1H3,(H,16,17)(H,18,19). The van der Waals surface area contributed by atoms with E-state index in [9.17, 15) is 9.59 Å². The van der Waals surface area contributed by atoms with Crippen LogP contribution in [0, 0.1) is 0 Å². The number of carboxylic acid groups (broad SMARTS) is 1. The molecule has 1 aromatic heterocycles. The van der Waals surface area contributed by atoms with Gasteiger partial charge in [0.25, 0.3) is 5.56 Å². The van der Waals surface area contributed by atoms with Crippen molar-refractivity contribution in [1.82, 2.24) is 4.98 Å². The summed E-state index contributed by atoms with van der Waals surface area (Å²) >= 11 is 0. The Bertz CT molecular complexity index is 676. The molecule has 2 N–H and O–H groups in total. The van der Waals surface area contributed by atoms with Gasteiger partial charge in [-0.15, -0.1) is 0 Å². The third-order valence-corrected chi connectivity index (χ3v) is 2.76. The number of hydrogen-bond acceptors (Lipinski definition) is 3. The number of aromatic carboxylic acids is 1. The molecule has 0 saturated carbocycles. The minimum Gasteiger partial charge on any atom is -0.494 e. The van der Waals surface area contributed by atoms with E-state index in [0.29, 0.717) is 18.1 Å². The van der Waals surface area contributed by atoms with Crippen molar-refractivity contribution in [2.45, 2.75) is 13.3 Å². The molecule has 0 aliphatic heterocycles. The van der Waals surface area contributed by atoms with Gasteiger partial charge in [0.1, 0.15) is 11.3 Å². The zero-order valence-electron chi connectivity index (χ0n) is 11.1. The molecule has 0 radical (unpaired) electrons. The quantitative estimate of drug-likeness (QED) is 0.877. The summed E-state index contributed by atoms with van der Waals surface area (Å²) in [5.41, 5.74) is 0.441. The van der Waals surface area contributed by atoms with Crippen LogP contribution in [0.3, 0.4) is 0 Å². The Morgan fingerprint density at radius 1 is 1.30 bits per heavy atom. The Labute approximate surface area is 115 Å². The fourth-order valence-electron chi connectivity index (χ4n) is 1.78. The lowest BCUT2D eigenvalue weighted by atomic mass is 10.1. The summed E-state index contributed by atoms with van der Waals surface area (Å²) in [7, 11) is 0. The SMILES string of the molecule is CCCOc1cccc(-c2ccc(C(=O)O)c(=O)[nH]2)c1. The van der Waals surface area contributed by atoms with Gasteiger partial charge in [-0.3, -0.25) is 4.79 Å². The maximum Gasteiger partial charge on any atom is 0.341 e. The van der Waals surface area contributed by atoms with Crippen LogP contribution in [0.5, 0.6) is 5.75 Å². The molecular formula is C15H15NO4. The van der Waals surface area contributed by atoms with Gasteiger partial charge in [-0.2, -0.15) is 0 Å². The zero-order valence-corrected chi connectivity index (χ0v) is 11.1. The van der Waals surface area contributed by atoms with Crippen LogP contribution in [0.2, 0.25) is 0 Å². The molecule has 0 atom stereocenters. The highest BCUT2D eigenvalue weighted by Gasteiger charge is 2.09. The van der Waals surface area contributed by atoms with Gasteiger partial charge in [-0.25, -0.2) is 4.79 Å². The monoisotopic (exact) mass is 273 g/mol. The van der Waals surface area contributed by atoms with Crippen molar-refractivity contribution in [3.63, 3.8) is 0 Å². The van der Waals surface area contributed by atoms with Crippen LogP contribution < -0.4 is 10.3 Å². The molecular weight excluding hydrogens is 258 g/mol. The lowest BCUT2D eigenvalue weighted by Gasteiger charge is -2.07. The molecule has 20 heavy (non-hydrogen) atoms. The molecule has 0 unspecified atom stereocenters. The van der Waals surface area contributed by atoms with E-state index < -0.39 is 11.5 Å². The summed E-state index contributed by atoms with van der Waals surface area (Å²) in [6.07, 6.45) is 0.911. The number of nitrogens with one attached hydrogen (secondary N) is 1. The predicted molar refractivity (Wildman–Crippen MR) is 75.2 cm³/mol. The number of aromatic amines is 1. The van der Waals surface area contributed by atoms with Gasteiger partial charge in [-0.1, -0.05) is 19.1 Å². The van der Waals surface area contributed by atoms with Crippen molar-refractivity contribution >= 4 is 5.97 Å². The Morgan fingerprint density at radius 2 is 2.10 bits per heavy atom. The summed E-state index contributed by atoms with van der Waals surface area (Å²) in [6, 6.07) is 10.2. The molecule has 104 valence electrons. The fraction of sp³-hybridized carbons (Fsp3) is 0.200. The van der Waals surface area contributed by atoms with E-state index in [0.717, 1.165) is 12.0 Å². The van der Waals surface area contributed by atoms with Gasteiger partial charge in [0.2, 0.25) is 0 Å². The van der Waals surface area contributed by atoms with Gasteiger partial charge in [0, 0.05) is 11.3 Å². The average molecular weight is 273 g/mol. The fourth-order valence-corrected chi connectivity index (χ4v) is 1.78. The smallest absolute Gasteiger partial charge is 0.341 e. The van der Waals surface area contributed by atoms with Crippen LogP contribution in [0.25, 0.3) is 11.3 Å². The van der Waals surface area contributed by atoms with Gasteiger partial charge in [0.15, 0.2) is 0 Å². The van der Waals surface area contributed by atoms with Crippen LogP contribution in [-0.2, 0) is 0 Å². The van der Waals surface area contributed by atoms with Crippen LogP contribution in [0.4, 0.5) is 0 Å². The Hall–Kier alpha value is -2.56. The lowest BCUT2D eigenvalue weighted by Crippen LogP contribution is -2.17. The summed E-state index contributed by atoms with van der Waals surface area (Å²) < 4.78 is 5.52. The Morgan fingerprint density at radius 3 is 2.75 bits per heavy atom. The summed E-state index contributed by atoms with van der Waals surface area (Å²) in [6.45, 7) is 2.64. The number of carbonyl (C=O) groups is 1. The highest BCUT2D eigenvalue weighted by Crippen LogP contribution is 2.21. The second kappa shape index (κ2) is 6.06. The van der Waals surface area contributed by atoms with E-state index in [1.54, 1.807) is 12.1 Å². The molecule has 0 amide bonds. The number of rotatable bonds is 5. The van der Waals surface area contributed by atoms with E-state index in [-0.39, 0.29) is 5.56 Å². The number of carboxylic acids is 1. The van der Waals surface area contributed by atoms with Gasteiger partial charge >= 0.3 is 5.97 Å². The number of ether oxygens (including phenoxy) is 1. The van der Waals surface area contributed by atoms with E-state index in [1.807, 2.05) is 25.1 Å². The summed E-state index contributed by atoms with van der Waals surface area (Å²) in [4.78, 5) is 25.0. The predicted octanol–water partition coefficient (Wildman–Crippen LogP) is 2.53. The molecule has 1 heterocycles. The molecule has 0 spiro atoms. The second-order valence-electron chi connectivity index (χ2n) is 4.30. The number of hydrogen-bond donors (Lipinski definition) is 2. The summed E-state index contributed by atoms with van der Waals surface area (Å²) in [5, 5.41) is 8.83. The van der Waals surface area contributed by atoms with E-state index in [1.165, 1.54) is 6.07 Å². The third kappa shape index (κ3) is 3.06. The zero-order chi connectivity index (χ0) is 14.5. The molecule has 0 fully saturated rings. The number of benzene rings is 1. The van der Waals surface area contributed by atoms with Crippen molar-refractivity contribution in [3.05, 3.63) is 52.3 Å². The molecule has 2 rings (SSSR count). The maximum absolute atomic E-state index is 11.6. The minimum absolute atomic E-state index is 0.271. The first-order valence-corrected chi connectivity index (χ1v) is 6.31. The third-order valence-electron chi connectivity index (χ3n) is 2.76. The lowest BCUT2D eigenvalue weighted by molar-refractivity contribution is 0.0695. The Kier molecular flexibility index (Phi) is 4.20. The molecule has 2 aromatic rings. The van der Waals surface area contributed by atoms with Crippen molar-refractivity contribution in [2.24, 2.45) is 0 Å². The number of aromatic nitrogens is 1. The number of pyridine rings is 1. The molecule has 0 saturated heterocycles. The Balaban J connectivity index is 2.34. The van der Waals surface area contributed by atoms with Gasteiger partial charge < -0.3 is 14.8 Å². The first-order chi connectivity index (χ1) is 9.61. The largest absolute Gasteiger partial charge is 0.494 e. The van der Waals surface area contributed by atoms with Gasteiger partial charge in [0.05, 0.1) is 6.61 Å². The van der Waals surface area contributed by atoms with Crippen molar-refractivity contribution in [1.29, 1.82) is 0 Å². The number of H-pyrrole nitrogens is 1. The first kappa shape index (κ1) is 13.9.